The van der Waals surface area contributed by atoms with Gasteiger partial charge in [-0.25, -0.2) is 0 Å². The lowest BCUT2D eigenvalue weighted by molar-refractivity contribution is 0.494. The molecule has 0 spiro atoms. The predicted octanol–water partition coefficient (Wildman–Crippen LogP) is 1.07. The molecule has 40 valence electrons. The van der Waals surface area contributed by atoms with Crippen molar-refractivity contribution in [3.63, 3.8) is 0 Å². The highest BCUT2D eigenvalue weighted by Gasteiger charge is 1.72. The minimum Gasteiger partial charge on any atom is -0.277 e. The molecule has 0 unspecified atom stereocenters. The largest absolute Gasteiger partial charge is 0.277 e. The minimum absolute atomic E-state index is 1.64. The van der Waals surface area contributed by atoms with Gasteiger partial charge in [0.2, 0.25) is 0 Å². The van der Waals surface area contributed by atoms with Crippen LogP contribution in [0.3, 0.4) is 0 Å². The molecular weight excluding hydrogens is 88.1 g/mol. The van der Waals surface area contributed by atoms with Crippen molar-refractivity contribution in [3.8, 4) is 0 Å². The van der Waals surface area contributed by atoms with Gasteiger partial charge in [0.1, 0.15) is 0 Å². The SMILES string of the molecule is C=CN(C)N=CC. The van der Waals surface area contributed by atoms with Gasteiger partial charge in [0.15, 0.2) is 0 Å². The van der Waals surface area contributed by atoms with Crippen molar-refractivity contribution in [2.45, 2.75) is 6.92 Å². The minimum atomic E-state index is 1.64. The summed E-state index contributed by atoms with van der Waals surface area (Å²) in [5.41, 5.74) is 0. The maximum absolute atomic E-state index is 3.83. The lowest BCUT2D eigenvalue weighted by atomic mass is 10.9. The fourth-order valence-corrected chi connectivity index (χ4v) is 0.229. The molecule has 0 saturated heterocycles. The number of rotatable bonds is 2. The van der Waals surface area contributed by atoms with Crippen LogP contribution in [0.15, 0.2) is 17.9 Å². The topological polar surface area (TPSA) is 15.6 Å². The Hall–Kier alpha value is -0.790. The zero-order valence-corrected chi connectivity index (χ0v) is 4.76. The Labute approximate surface area is 44.1 Å². The van der Waals surface area contributed by atoms with E-state index in [1.807, 2.05) is 14.0 Å². The van der Waals surface area contributed by atoms with Gasteiger partial charge in [-0.05, 0) is 6.92 Å². The van der Waals surface area contributed by atoms with E-state index in [4.69, 9.17) is 0 Å². The molecule has 2 nitrogen and oxygen atoms in total. The molecule has 0 aromatic rings. The number of hydrogen-bond donors (Lipinski definition) is 0. The number of nitrogens with zero attached hydrogens (tertiary/aromatic N) is 2. The zero-order valence-electron chi connectivity index (χ0n) is 4.76. The molecule has 2 heteroatoms. The molecule has 7 heavy (non-hydrogen) atoms. The Morgan fingerprint density at radius 3 is 2.43 bits per heavy atom. The standard InChI is InChI=1S/C5H10N2/c1-4-6-7(3)5-2/h4-5H,2H2,1,3H3. The first-order valence-electron chi connectivity index (χ1n) is 2.15. The molecule has 0 aliphatic carbocycles. The van der Waals surface area contributed by atoms with E-state index in [0.717, 1.165) is 0 Å². The maximum atomic E-state index is 3.83. The second-order valence-electron chi connectivity index (χ2n) is 1.13. The van der Waals surface area contributed by atoms with Crippen LogP contribution in [0.5, 0.6) is 0 Å². The zero-order chi connectivity index (χ0) is 5.70. The van der Waals surface area contributed by atoms with Crippen LogP contribution < -0.4 is 0 Å². The van der Waals surface area contributed by atoms with E-state index >= 15 is 0 Å². The molecule has 0 radical (unpaired) electrons. The molecule has 0 heterocycles. The van der Waals surface area contributed by atoms with Crippen molar-refractivity contribution in [1.82, 2.24) is 5.01 Å². The molecule has 0 bridgehead atoms. The fraction of sp³-hybridized carbons (Fsp3) is 0.400. The number of hydrogen-bond acceptors (Lipinski definition) is 2. The molecule has 0 atom stereocenters. The molecular formula is C5H10N2. The Kier molecular flexibility index (Phi) is 3.02. The Morgan fingerprint density at radius 2 is 2.29 bits per heavy atom. The monoisotopic (exact) mass is 98.1 g/mol. The number of hydrazone groups is 1. The average Bonchev–Trinajstić information content (AvgIpc) is 1.68. The summed E-state index contributed by atoms with van der Waals surface area (Å²) in [5, 5.41) is 5.47. The van der Waals surface area contributed by atoms with Crippen LogP contribution >= 0.6 is 0 Å². The third-order valence-corrected chi connectivity index (χ3v) is 0.562. The summed E-state index contributed by atoms with van der Waals surface area (Å²) in [6, 6.07) is 0. The van der Waals surface area contributed by atoms with Crippen LogP contribution in [-0.2, 0) is 0 Å². The van der Waals surface area contributed by atoms with Gasteiger partial charge in [-0.1, -0.05) is 6.58 Å². The van der Waals surface area contributed by atoms with E-state index in [1.54, 1.807) is 17.4 Å². The van der Waals surface area contributed by atoms with Crippen LogP contribution in [0.1, 0.15) is 6.92 Å². The van der Waals surface area contributed by atoms with Crippen molar-refractivity contribution >= 4 is 6.21 Å². The average molecular weight is 98.1 g/mol. The van der Waals surface area contributed by atoms with Gasteiger partial charge in [-0.2, -0.15) is 5.10 Å². The summed E-state index contributed by atoms with van der Waals surface area (Å²) in [6.45, 7) is 5.35. The quantitative estimate of drug-likeness (QED) is 0.372. The summed E-state index contributed by atoms with van der Waals surface area (Å²) in [5.74, 6) is 0. The van der Waals surface area contributed by atoms with Crippen LogP contribution in [0.2, 0.25) is 0 Å². The fourth-order valence-electron chi connectivity index (χ4n) is 0.229. The van der Waals surface area contributed by atoms with E-state index in [0.29, 0.717) is 0 Å². The van der Waals surface area contributed by atoms with Gasteiger partial charge in [0, 0.05) is 19.5 Å². The highest BCUT2D eigenvalue weighted by Crippen LogP contribution is 1.77. The van der Waals surface area contributed by atoms with Gasteiger partial charge in [-0.3, -0.25) is 5.01 Å². The summed E-state index contributed by atoms with van der Waals surface area (Å²) < 4.78 is 0. The highest BCUT2D eigenvalue weighted by molar-refractivity contribution is 5.52. The summed E-state index contributed by atoms with van der Waals surface area (Å²) >= 11 is 0. The normalized spacial score (nSPS) is 9.43. The Bertz CT molecular complexity index is 76.1. The van der Waals surface area contributed by atoms with E-state index < -0.39 is 0 Å². The smallest absolute Gasteiger partial charge is 0.0296 e. The lowest BCUT2D eigenvalue weighted by Gasteiger charge is -2.01. The Balaban J connectivity index is 3.35. The molecule has 0 amide bonds. The van der Waals surface area contributed by atoms with E-state index in [-0.39, 0.29) is 0 Å². The third-order valence-electron chi connectivity index (χ3n) is 0.562. The van der Waals surface area contributed by atoms with E-state index in [1.165, 1.54) is 0 Å². The lowest BCUT2D eigenvalue weighted by Crippen LogP contribution is -1.98. The molecule has 0 saturated carbocycles. The predicted molar refractivity (Wildman–Crippen MR) is 32.1 cm³/mol. The van der Waals surface area contributed by atoms with Gasteiger partial charge < -0.3 is 0 Å². The molecule has 0 N–H and O–H groups in total. The summed E-state index contributed by atoms with van der Waals surface area (Å²) in [4.78, 5) is 0. The molecule has 0 fully saturated rings. The molecule has 0 aromatic carbocycles. The van der Waals surface area contributed by atoms with Gasteiger partial charge in [-0.15, -0.1) is 0 Å². The van der Waals surface area contributed by atoms with Gasteiger partial charge in [0.05, 0.1) is 0 Å². The first-order valence-corrected chi connectivity index (χ1v) is 2.15. The van der Waals surface area contributed by atoms with Crippen molar-refractivity contribution in [3.05, 3.63) is 12.8 Å². The first kappa shape index (κ1) is 6.21. The van der Waals surface area contributed by atoms with Crippen LogP contribution in [0.4, 0.5) is 0 Å². The van der Waals surface area contributed by atoms with Gasteiger partial charge >= 0.3 is 0 Å². The second-order valence-corrected chi connectivity index (χ2v) is 1.13. The summed E-state index contributed by atoms with van der Waals surface area (Å²) in [7, 11) is 1.83. The molecule has 0 aromatic heterocycles. The van der Waals surface area contributed by atoms with Crippen molar-refractivity contribution in [2.75, 3.05) is 7.05 Å². The second kappa shape index (κ2) is 3.40. The van der Waals surface area contributed by atoms with E-state index in [2.05, 4.69) is 11.7 Å². The summed E-state index contributed by atoms with van der Waals surface area (Å²) in [6.07, 6.45) is 3.35. The third kappa shape index (κ3) is 3.03. The maximum Gasteiger partial charge on any atom is 0.0296 e. The highest BCUT2D eigenvalue weighted by atomic mass is 15.4. The Morgan fingerprint density at radius 1 is 1.71 bits per heavy atom. The van der Waals surface area contributed by atoms with Crippen LogP contribution in [0.25, 0.3) is 0 Å². The molecule has 0 rings (SSSR count). The van der Waals surface area contributed by atoms with E-state index in [9.17, 15) is 0 Å². The van der Waals surface area contributed by atoms with Crippen molar-refractivity contribution in [1.29, 1.82) is 0 Å². The molecule has 0 aliphatic heterocycles. The van der Waals surface area contributed by atoms with Gasteiger partial charge in [0.25, 0.3) is 0 Å². The van der Waals surface area contributed by atoms with Crippen molar-refractivity contribution in [2.24, 2.45) is 5.10 Å². The van der Waals surface area contributed by atoms with Crippen LogP contribution in [-0.4, -0.2) is 18.3 Å². The molecule has 0 aliphatic rings. The first-order chi connectivity index (χ1) is 3.31. The van der Waals surface area contributed by atoms with Crippen LogP contribution in [0, 0.1) is 0 Å². The van der Waals surface area contributed by atoms with Crippen molar-refractivity contribution < 1.29 is 0 Å².